The molecule has 1 aromatic rings. The highest BCUT2D eigenvalue weighted by molar-refractivity contribution is 6.05. The maximum Gasteiger partial charge on any atom is 0.355 e. The highest BCUT2D eigenvalue weighted by Gasteiger charge is 2.28. The minimum Gasteiger partial charge on any atom is -0.506 e. The van der Waals surface area contributed by atoms with Crippen molar-refractivity contribution in [2.45, 2.75) is 6.42 Å². The number of aliphatic carboxylic acids is 1. The minimum absolute atomic E-state index is 0.0765. The van der Waals surface area contributed by atoms with E-state index in [1.165, 1.54) is 48.6 Å². The van der Waals surface area contributed by atoms with Crippen molar-refractivity contribution in [1.29, 1.82) is 0 Å². The first-order valence-corrected chi connectivity index (χ1v) is 7.47. The molecular formula is C18H17NO7. The van der Waals surface area contributed by atoms with Crippen molar-refractivity contribution in [2.75, 3.05) is 19.1 Å². The predicted molar refractivity (Wildman–Crippen MR) is 91.3 cm³/mol. The van der Waals surface area contributed by atoms with Gasteiger partial charge in [0, 0.05) is 6.20 Å². The zero-order chi connectivity index (χ0) is 19.3. The Morgan fingerprint density at radius 1 is 1.08 bits per heavy atom. The van der Waals surface area contributed by atoms with Gasteiger partial charge in [0.1, 0.15) is 11.4 Å². The van der Waals surface area contributed by atoms with E-state index in [4.69, 9.17) is 14.6 Å². The summed E-state index contributed by atoms with van der Waals surface area (Å²) in [5, 5.41) is 19.2. The van der Waals surface area contributed by atoms with Crippen LogP contribution in [0, 0.1) is 0 Å². The van der Waals surface area contributed by atoms with Gasteiger partial charge in [0.15, 0.2) is 0 Å². The average Bonchev–Trinajstić information content (AvgIpc) is 2.84. The minimum atomic E-state index is -1.05. The number of methoxy groups -OCH3 is 2. The van der Waals surface area contributed by atoms with Crippen molar-refractivity contribution in [1.82, 2.24) is 0 Å². The molecule has 8 nitrogen and oxygen atoms in total. The lowest BCUT2D eigenvalue weighted by atomic mass is 10.1. The van der Waals surface area contributed by atoms with E-state index in [0.29, 0.717) is 5.56 Å². The summed E-state index contributed by atoms with van der Waals surface area (Å²) in [6, 6.07) is 4.18. The van der Waals surface area contributed by atoms with Crippen LogP contribution in [0.15, 0.2) is 53.9 Å². The van der Waals surface area contributed by atoms with Crippen LogP contribution in [-0.4, -0.2) is 42.3 Å². The van der Waals surface area contributed by atoms with Crippen molar-refractivity contribution in [3.63, 3.8) is 0 Å². The van der Waals surface area contributed by atoms with Gasteiger partial charge in [0.05, 0.1) is 31.9 Å². The summed E-state index contributed by atoms with van der Waals surface area (Å²) < 4.78 is 9.48. The van der Waals surface area contributed by atoms with Gasteiger partial charge in [-0.1, -0.05) is 12.1 Å². The molecular weight excluding hydrogens is 342 g/mol. The predicted octanol–water partition coefficient (Wildman–Crippen LogP) is 1.51. The number of carbonyl (C=O) groups excluding carboxylic acids is 2. The van der Waals surface area contributed by atoms with Crippen molar-refractivity contribution < 1.29 is 34.1 Å². The number of hydrogen-bond donors (Lipinski definition) is 2. The van der Waals surface area contributed by atoms with Crippen LogP contribution >= 0.6 is 0 Å². The van der Waals surface area contributed by atoms with Crippen LogP contribution in [0.5, 0.6) is 5.75 Å². The van der Waals surface area contributed by atoms with Gasteiger partial charge in [-0.25, -0.2) is 9.59 Å². The number of nitrogens with zero attached hydrogens (tertiary/aromatic N) is 1. The molecule has 0 aromatic heterocycles. The molecule has 0 aliphatic carbocycles. The number of aromatic hydroxyl groups is 1. The molecule has 0 saturated heterocycles. The number of phenolic OH excluding ortho intramolecular Hbond substituents is 1. The lowest BCUT2D eigenvalue weighted by Crippen LogP contribution is -2.27. The van der Waals surface area contributed by atoms with E-state index in [-0.39, 0.29) is 29.1 Å². The fourth-order valence-electron chi connectivity index (χ4n) is 2.40. The number of carboxylic acid groups (broad SMARTS) is 1. The zero-order valence-corrected chi connectivity index (χ0v) is 14.1. The van der Waals surface area contributed by atoms with Crippen LogP contribution in [0.25, 0.3) is 0 Å². The normalized spacial score (nSPS) is 13.4. The molecule has 1 aromatic carbocycles. The quantitative estimate of drug-likeness (QED) is 0.761. The molecule has 1 heterocycles. The molecule has 0 radical (unpaired) electrons. The van der Waals surface area contributed by atoms with E-state index in [0.717, 1.165) is 7.11 Å². The number of anilines is 1. The Morgan fingerprint density at radius 3 is 2.38 bits per heavy atom. The zero-order valence-electron chi connectivity index (χ0n) is 14.1. The molecule has 0 atom stereocenters. The Morgan fingerprint density at radius 2 is 1.77 bits per heavy atom. The first kappa shape index (κ1) is 18.8. The van der Waals surface area contributed by atoms with E-state index >= 15 is 0 Å². The second kappa shape index (κ2) is 8.02. The highest BCUT2D eigenvalue weighted by atomic mass is 16.5. The van der Waals surface area contributed by atoms with Gasteiger partial charge in [-0.3, -0.25) is 4.79 Å². The van der Waals surface area contributed by atoms with Gasteiger partial charge in [0.2, 0.25) is 0 Å². The van der Waals surface area contributed by atoms with Crippen LogP contribution in [0.1, 0.15) is 5.56 Å². The summed E-state index contributed by atoms with van der Waals surface area (Å²) in [6.45, 7) is 0. The number of hydrogen-bond acceptors (Lipinski definition) is 7. The first-order valence-electron chi connectivity index (χ1n) is 7.47. The average molecular weight is 359 g/mol. The largest absolute Gasteiger partial charge is 0.506 e. The fraction of sp³-hybridized carbons (Fsp3) is 0.167. The molecule has 0 amide bonds. The molecule has 0 unspecified atom stereocenters. The second-order valence-corrected chi connectivity index (χ2v) is 5.21. The van der Waals surface area contributed by atoms with Gasteiger partial charge in [-0.15, -0.1) is 0 Å². The van der Waals surface area contributed by atoms with Crippen LogP contribution in [-0.2, 0) is 30.3 Å². The lowest BCUT2D eigenvalue weighted by Gasteiger charge is -2.24. The number of ether oxygens (including phenoxy) is 2. The van der Waals surface area contributed by atoms with Crippen molar-refractivity contribution in [2.24, 2.45) is 0 Å². The Labute approximate surface area is 149 Å². The number of rotatable bonds is 5. The van der Waals surface area contributed by atoms with Gasteiger partial charge >= 0.3 is 17.9 Å². The summed E-state index contributed by atoms with van der Waals surface area (Å²) in [7, 11) is 2.33. The standard InChI is InChI=1S/C18H17NO7/c1-25-17(23)12-5-3-4-8-19(16(12)18(24)26-2)13-9-11(10-15(21)22)6-7-14(13)20/h3-9,20H,10H2,1-2H3,(H,21,22). The number of phenols is 1. The third-order valence-electron chi connectivity index (χ3n) is 3.54. The Kier molecular flexibility index (Phi) is 5.79. The number of carbonyl (C=O) groups is 3. The third-order valence-corrected chi connectivity index (χ3v) is 3.54. The fourth-order valence-corrected chi connectivity index (χ4v) is 2.40. The Balaban J connectivity index is 2.67. The SMILES string of the molecule is COC(=O)C1=C(C(=O)OC)N(c2cc(CC(=O)O)ccc2O)C=CC=C1. The molecule has 26 heavy (non-hydrogen) atoms. The topological polar surface area (TPSA) is 113 Å². The van der Waals surface area contributed by atoms with Crippen molar-refractivity contribution in [3.05, 3.63) is 59.5 Å². The van der Waals surface area contributed by atoms with Crippen LogP contribution in [0.4, 0.5) is 5.69 Å². The summed E-state index contributed by atoms with van der Waals surface area (Å²) in [6.07, 6.45) is 5.62. The maximum absolute atomic E-state index is 12.3. The molecule has 0 fully saturated rings. The van der Waals surface area contributed by atoms with Crippen LogP contribution in [0.2, 0.25) is 0 Å². The number of allylic oxidation sites excluding steroid dienone is 2. The van der Waals surface area contributed by atoms with Gasteiger partial charge < -0.3 is 24.6 Å². The molecule has 136 valence electrons. The molecule has 0 bridgehead atoms. The van der Waals surface area contributed by atoms with Gasteiger partial charge in [-0.2, -0.15) is 0 Å². The van der Waals surface area contributed by atoms with Gasteiger partial charge in [-0.05, 0) is 29.8 Å². The van der Waals surface area contributed by atoms with E-state index in [9.17, 15) is 19.5 Å². The van der Waals surface area contributed by atoms with E-state index in [2.05, 4.69) is 0 Å². The Hall–Kier alpha value is -3.55. The van der Waals surface area contributed by atoms with Crippen LogP contribution < -0.4 is 4.90 Å². The number of esters is 2. The molecule has 0 saturated carbocycles. The highest BCUT2D eigenvalue weighted by Crippen LogP contribution is 2.34. The summed E-state index contributed by atoms with van der Waals surface area (Å²) in [5.41, 5.74) is 0.268. The molecule has 8 heteroatoms. The summed E-state index contributed by atoms with van der Waals surface area (Å²) >= 11 is 0. The summed E-state index contributed by atoms with van der Waals surface area (Å²) in [5.74, 6) is -2.86. The number of carboxylic acids is 1. The maximum atomic E-state index is 12.3. The molecule has 2 rings (SSSR count). The van der Waals surface area contributed by atoms with Gasteiger partial charge in [0.25, 0.3) is 0 Å². The second-order valence-electron chi connectivity index (χ2n) is 5.21. The molecule has 1 aliphatic rings. The van der Waals surface area contributed by atoms with E-state index < -0.39 is 17.9 Å². The molecule has 2 N–H and O–H groups in total. The van der Waals surface area contributed by atoms with Crippen LogP contribution in [0.3, 0.4) is 0 Å². The van der Waals surface area contributed by atoms with Crippen molar-refractivity contribution >= 4 is 23.6 Å². The smallest absolute Gasteiger partial charge is 0.355 e. The lowest BCUT2D eigenvalue weighted by molar-refractivity contribution is -0.139. The Bertz CT molecular complexity index is 836. The van der Waals surface area contributed by atoms with Crippen molar-refractivity contribution in [3.8, 4) is 5.75 Å². The number of benzene rings is 1. The monoisotopic (exact) mass is 359 g/mol. The van der Waals surface area contributed by atoms with E-state index in [1.54, 1.807) is 6.08 Å². The first-order chi connectivity index (χ1) is 12.4. The molecule has 0 spiro atoms. The van der Waals surface area contributed by atoms with E-state index in [1.807, 2.05) is 0 Å². The third kappa shape index (κ3) is 3.92. The molecule has 1 aliphatic heterocycles. The summed E-state index contributed by atoms with van der Waals surface area (Å²) in [4.78, 5) is 36.6.